The number of fused-ring (bicyclic) bond motifs is 2. The highest BCUT2D eigenvalue weighted by molar-refractivity contribution is 6.05. The third-order valence-corrected chi connectivity index (χ3v) is 12.2. The van der Waals surface area contributed by atoms with Gasteiger partial charge in [0.25, 0.3) is 11.8 Å². The molecule has 0 spiro atoms. The number of likely N-dealkylation sites (N-methyl/N-ethyl adjacent to an activating group) is 1. The monoisotopic (exact) mass is 769 g/mol. The number of rotatable bonds is 14. The molecule has 13 heteroatoms. The number of carbonyl (C=O) groups is 4. The maximum absolute atomic E-state index is 13.4. The fraction of sp³-hybridized carbons (Fsp3) is 0.409. The van der Waals surface area contributed by atoms with Gasteiger partial charge in [-0.3, -0.25) is 24.0 Å². The van der Waals surface area contributed by atoms with Crippen LogP contribution in [0.25, 0.3) is 22.0 Å². The van der Waals surface area contributed by atoms with Crippen molar-refractivity contribution in [2.45, 2.75) is 76.5 Å². The molecule has 57 heavy (non-hydrogen) atoms. The van der Waals surface area contributed by atoms with E-state index < -0.39 is 6.04 Å². The lowest BCUT2D eigenvalue weighted by Gasteiger charge is -2.35. The molecule has 296 valence electrons. The largest absolute Gasteiger partial charge is 0.371 e. The molecule has 0 saturated carbocycles. The predicted octanol–water partition coefficient (Wildman–Crippen LogP) is 6.19. The molecular formula is C44H51N9O4. The van der Waals surface area contributed by atoms with Crippen LogP contribution in [0.4, 0.5) is 11.5 Å². The first kappa shape index (κ1) is 38.1. The Labute approximate surface area is 332 Å². The molecule has 0 bridgehead atoms. The van der Waals surface area contributed by atoms with Crippen molar-refractivity contribution >= 4 is 46.4 Å². The summed E-state index contributed by atoms with van der Waals surface area (Å²) in [6.45, 7) is 4.13. The number of aryl methyl sites for hydroxylation is 1. The normalized spacial score (nSPS) is 17.9. The Morgan fingerprint density at radius 1 is 1.02 bits per heavy atom. The number of likely N-dealkylation sites (tertiary alicyclic amines) is 1. The molecule has 3 N–H and O–H groups in total. The number of aromatic nitrogens is 4. The van der Waals surface area contributed by atoms with E-state index in [2.05, 4.69) is 60.9 Å². The lowest BCUT2D eigenvalue weighted by Crippen LogP contribution is -2.46. The number of carbonyl (C=O) groups excluding carboxylic acids is 4. The van der Waals surface area contributed by atoms with E-state index in [-0.39, 0.29) is 24.1 Å². The molecule has 3 aliphatic rings. The number of amides is 3. The summed E-state index contributed by atoms with van der Waals surface area (Å²) in [6, 6.07) is 17.2. The number of aldehydes is 1. The van der Waals surface area contributed by atoms with Crippen molar-refractivity contribution in [3.05, 3.63) is 95.6 Å². The SMILES string of the molecule is CNC(=O)C(CCC=O)N1Cc2c(cccc2N2CCC(CCCn3cc(-c4ccc(C(=O)Nc5cc6[nH]c(C7CCCN7C)cc6cn5)cc4)cn3)CC2)C1=O. The van der Waals surface area contributed by atoms with Crippen LogP contribution in [0.2, 0.25) is 0 Å². The van der Waals surface area contributed by atoms with Crippen molar-refractivity contribution in [3.8, 4) is 11.1 Å². The van der Waals surface area contributed by atoms with Gasteiger partial charge in [0.1, 0.15) is 18.1 Å². The lowest BCUT2D eigenvalue weighted by atomic mass is 9.91. The molecule has 2 atom stereocenters. The Kier molecular flexibility index (Phi) is 11.2. The molecule has 0 aliphatic carbocycles. The van der Waals surface area contributed by atoms with Crippen LogP contribution in [0.3, 0.4) is 0 Å². The van der Waals surface area contributed by atoms with Crippen molar-refractivity contribution in [1.29, 1.82) is 0 Å². The zero-order chi connectivity index (χ0) is 39.5. The highest BCUT2D eigenvalue weighted by Gasteiger charge is 2.38. The Balaban J connectivity index is 0.805. The number of nitrogens with one attached hydrogen (secondary N) is 3. The fourth-order valence-electron chi connectivity index (χ4n) is 8.95. The smallest absolute Gasteiger partial charge is 0.256 e. The minimum Gasteiger partial charge on any atom is -0.371 e. The molecule has 2 unspecified atom stereocenters. The number of aromatic amines is 1. The molecule has 6 heterocycles. The van der Waals surface area contributed by atoms with Crippen LogP contribution in [0.15, 0.2) is 73.2 Å². The molecule has 2 fully saturated rings. The quantitative estimate of drug-likeness (QED) is 0.113. The highest BCUT2D eigenvalue weighted by Crippen LogP contribution is 2.36. The molecular weight excluding hydrogens is 719 g/mol. The summed E-state index contributed by atoms with van der Waals surface area (Å²) in [4.78, 5) is 64.6. The molecule has 3 aromatic heterocycles. The van der Waals surface area contributed by atoms with Gasteiger partial charge in [0.15, 0.2) is 0 Å². The number of hydrogen-bond donors (Lipinski definition) is 3. The highest BCUT2D eigenvalue weighted by atomic mass is 16.2. The Morgan fingerprint density at radius 3 is 2.60 bits per heavy atom. The molecule has 5 aromatic rings. The average Bonchev–Trinajstić information content (AvgIpc) is 4.05. The lowest BCUT2D eigenvalue weighted by molar-refractivity contribution is -0.125. The van der Waals surface area contributed by atoms with E-state index >= 15 is 0 Å². The summed E-state index contributed by atoms with van der Waals surface area (Å²) < 4.78 is 2.00. The van der Waals surface area contributed by atoms with Gasteiger partial charge in [-0.2, -0.15) is 5.10 Å². The summed E-state index contributed by atoms with van der Waals surface area (Å²) in [7, 11) is 3.72. The second-order valence-electron chi connectivity index (χ2n) is 15.7. The van der Waals surface area contributed by atoms with Crippen LogP contribution in [-0.4, -0.2) is 93.3 Å². The average molecular weight is 770 g/mol. The summed E-state index contributed by atoms with van der Waals surface area (Å²) in [5, 5.41) is 11.3. The van der Waals surface area contributed by atoms with E-state index in [1.54, 1.807) is 11.9 Å². The van der Waals surface area contributed by atoms with Gasteiger partial charge in [-0.15, -0.1) is 0 Å². The first-order chi connectivity index (χ1) is 27.8. The van der Waals surface area contributed by atoms with Crippen LogP contribution in [0, 0.1) is 5.92 Å². The van der Waals surface area contributed by atoms with E-state index in [0.29, 0.717) is 41.9 Å². The van der Waals surface area contributed by atoms with Gasteiger partial charge in [0.05, 0.1) is 11.7 Å². The van der Waals surface area contributed by atoms with Crippen LogP contribution in [0.5, 0.6) is 0 Å². The number of nitrogens with zero attached hydrogens (tertiary/aromatic N) is 6. The number of hydrogen-bond acceptors (Lipinski definition) is 8. The Morgan fingerprint density at radius 2 is 1.84 bits per heavy atom. The predicted molar refractivity (Wildman–Crippen MR) is 220 cm³/mol. The second kappa shape index (κ2) is 16.7. The van der Waals surface area contributed by atoms with E-state index in [1.807, 2.05) is 59.5 Å². The van der Waals surface area contributed by atoms with Crippen LogP contribution < -0.4 is 15.5 Å². The van der Waals surface area contributed by atoms with Gasteiger partial charge in [-0.25, -0.2) is 4.98 Å². The third-order valence-electron chi connectivity index (χ3n) is 12.2. The van der Waals surface area contributed by atoms with E-state index in [4.69, 9.17) is 0 Å². The first-order valence-electron chi connectivity index (χ1n) is 20.3. The van der Waals surface area contributed by atoms with Gasteiger partial charge in [-0.1, -0.05) is 18.2 Å². The Hall–Kier alpha value is -5.82. The standard InChI is InChI=1S/C44H51N9O4/c1-45-43(56)40(11-6-22-54)53-28-35-34(44(53)57)8-3-9-38(35)51-20-16-29(17-21-51)7-4-19-52-27-33(26-47-52)30-12-14-31(15-13-30)42(55)49-41-24-36-32(25-46-41)23-37(48-36)39-10-5-18-50(39)2/h3,8-9,12-15,22-27,29,39-40,48H,4-7,10-11,16-21,28H2,1-2H3,(H,45,56)(H,46,49,55). The molecule has 8 rings (SSSR count). The third kappa shape index (κ3) is 8.06. The minimum absolute atomic E-state index is 0.150. The number of benzene rings is 2. The molecule has 2 saturated heterocycles. The van der Waals surface area contributed by atoms with Crippen molar-refractivity contribution in [3.63, 3.8) is 0 Å². The van der Waals surface area contributed by atoms with Gasteiger partial charge < -0.3 is 30.2 Å². The van der Waals surface area contributed by atoms with Crippen molar-refractivity contribution in [2.24, 2.45) is 5.92 Å². The summed E-state index contributed by atoms with van der Waals surface area (Å²) in [5.74, 6) is 0.530. The summed E-state index contributed by atoms with van der Waals surface area (Å²) >= 11 is 0. The number of piperidine rings is 1. The van der Waals surface area contributed by atoms with Gasteiger partial charge in [0, 0.05) is 103 Å². The molecule has 0 radical (unpaired) electrons. The zero-order valence-electron chi connectivity index (χ0n) is 32.7. The van der Waals surface area contributed by atoms with Gasteiger partial charge >= 0.3 is 0 Å². The number of pyridine rings is 1. The van der Waals surface area contributed by atoms with Crippen LogP contribution in [0.1, 0.15) is 89.4 Å². The van der Waals surface area contributed by atoms with Crippen molar-refractivity contribution < 1.29 is 19.2 Å². The zero-order valence-corrected chi connectivity index (χ0v) is 32.7. The summed E-state index contributed by atoms with van der Waals surface area (Å²) in [5.41, 5.74) is 7.42. The maximum atomic E-state index is 13.4. The van der Waals surface area contributed by atoms with E-state index in [1.165, 1.54) is 12.1 Å². The van der Waals surface area contributed by atoms with Crippen molar-refractivity contribution in [1.82, 2.24) is 34.9 Å². The molecule has 3 aliphatic heterocycles. The topological polar surface area (TPSA) is 149 Å². The van der Waals surface area contributed by atoms with Crippen LogP contribution >= 0.6 is 0 Å². The molecule has 2 aromatic carbocycles. The maximum Gasteiger partial charge on any atom is 0.256 e. The van der Waals surface area contributed by atoms with E-state index in [0.717, 1.165) is 97.8 Å². The minimum atomic E-state index is -0.670. The summed E-state index contributed by atoms with van der Waals surface area (Å²) in [6.07, 6.45) is 13.7. The fourth-order valence-corrected chi connectivity index (χ4v) is 8.95. The van der Waals surface area contributed by atoms with Crippen molar-refractivity contribution in [2.75, 3.05) is 43.9 Å². The first-order valence-corrected chi connectivity index (χ1v) is 20.3. The molecule has 3 amide bonds. The van der Waals surface area contributed by atoms with Gasteiger partial charge in [-0.05, 0) is 100 Å². The second-order valence-corrected chi connectivity index (χ2v) is 15.7. The number of H-pyrrole nitrogens is 1. The molecule has 13 nitrogen and oxygen atoms in total. The Bertz CT molecular complexity index is 2250. The van der Waals surface area contributed by atoms with E-state index in [9.17, 15) is 19.2 Å². The van der Waals surface area contributed by atoms with Crippen LogP contribution in [-0.2, 0) is 22.7 Å². The van der Waals surface area contributed by atoms with Gasteiger partial charge in [0.2, 0.25) is 5.91 Å². The number of anilines is 2.